The summed E-state index contributed by atoms with van der Waals surface area (Å²) in [6, 6.07) is 3.77. The quantitative estimate of drug-likeness (QED) is 0.814. The van der Waals surface area contributed by atoms with Gasteiger partial charge < -0.3 is 11.1 Å². The van der Waals surface area contributed by atoms with Crippen molar-refractivity contribution in [2.24, 2.45) is 11.1 Å². The van der Waals surface area contributed by atoms with Crippen molar-refractivity contribution >= 4 is 11.7 Å². The lowest BCUT2D eigenvalue weighted by Gasteiger charge is -2.23. The summed E-state index contributed by atoms with van der Waals surface area (Å²) in [5, 5.41) is 2.82. The van der Waals surface area contributed by atoms with Gasteiger partial charge in [-0.05, 0) is 49.4 Å². The summed E-state index contributed by atoms with van der Waals surface area (Å²) in [7, 11) is 0. The molecule has 1 heterocycles. The molecule has 0 radical (unpaired) electrons. The largest absolute Gasteiger partial charge is 0.330 e. The Morgan fingerprint density at radius 3 is 2.78 bits per heavy atom. The topological polar surface area (TPSA) is 68.0 Å². The number of hydrogen-bond donors (Lipinski definition) is 2. The summed E-state index contributed by atoms with van der Waals surface area (Å²) in [5.74, 6) is 0.634. The smallest absolute Gasteiger partial charge is 0.225 e. The van der Waals surface area contributed by atoms with Crippen molar-refractivity contribution in [3.05, 3.63) is 23.9 Å². The predicted octanol–water partition coefficient (Wildman–Crippen LogP) is 2.48. The number of amides is 1. The van der Waals surface area contributed by atoms with Crippen LogP contribution in [0.15, 0.2) is 18.3 Å². The first-order valence-corrected chi connectivity index (χ1v) is 6.35. The van der Waals surface area contributed by atoms with E-state index in [0.717, 1.165) is 18.4 Å². The van der Waals surface area contributed by atoms with Gasteiger partial charge in [-0.25, -0.2) is 4.98 Å². The molecule has 0 aliphatic heterocycles. The van der Waals surface area contributed by atoms with E-state index < -0.39 is 0 Å². The number of aromatic nitrogens is 1. The summed E-state index contributed by atoms with van der Waals surface area (Å²) in [6.45, 7) is 6.91. The van der Waals surface area contributed by atoms with E-state index in [1.54, 1.807) is 6.20 Å². The predicted molar refractivity (Wildman–Crippen MR) is 74.3 cm³/mol. The average Bonchev–Trinajstić information content (AvgIpc) is 2.26. The Labute approximate surface area is 109 Å². The molecule has 0 unspecified atom stereocenters. The van der Waals surface area contributed by atoms with Crippen molar-refractivity contribution in [3.63, 3.8) is 0 Å². The maximum Gasteiger partial charge on any atom is 0.225 e. The molecule has 100 valence electrons. The number of nitrogens with zero attached hydrogens (tertiary/aromatic N) is 1. The number of nitrogens with two attached hydrogens (primary N) is 1. The second-order valence-electron chi connectivity index (χ2n) is 5.47. The lowest BCUT2D eigenvalue weighted by Crippen LogP contribution is -2.21. The fourth-order valence-electron chi connectivity index (χ4n) is 1.78. The minimum Gasteiger partial charge on any atom is -0.330 e. The molecule has 0 saturated heterocycles. The van der Waals surface area contributed by atoms with Crippen LogP contribution in [0.4, 0.5) is 5.82 Å². The van der Waals surface area contributed by atoms with Crippen LogP contribution in [0.5, 0.6) is 0 Å². The molecule has 0 saturated carbocycles. The highest BCUT2D eigenvalue weighted by molar-refractivity contribution is 5.89. The van der Waals surface area contributed by atoms with E-state index in [1.165, 1.54) is 0 Å². The van der Waals surface area contributed by atoms with Crippen molar-refractivity contribution in [2.45, 2.75) is 40.0 Å². The average molecular weight is 249 g/mol. The van der Waals surface area contributed by atoms with E-state index in [-0.39, 0.29) is 11.3 Å². The van der Waals surface area contributed by atoms with Gasteiger partial charge >= 0.3 is 0 Å². The molecule has 1 aromatic heterocycles. The van der Waals surface area contributed by atoms with Crippen LogP contribution in [0.1, 0.15) is 38.7 Å². The molecule has 0 spiro atoms. The summed E-state index contributed by atoms with van der Waals surface area (Å²) >= 11 is 0. The zero-order valence-electron chi connectivity index (χ0n) is 11.5. The van der Waals surface area contributed by atoms with Gasteiger partial charge in [0.25, 0.3) is 0 Å². The second kappa shape index (κ2) is 6.50. The second-order valence-corrected chi connectivity index (χ2v) is 5.47. The van der Waals surface area contributed by atoms with Crippen molar-refractivity contribution in [3.8, 4) is 0 Å². The van der Waals surface area contributed by atoms with Gasteiger partial charge in [0.1, 0.15) is 5.82 Å². The van der Waals surface area contributed by atoms with Crippen molar-refractivity contribution in [2.75, 3.05) is 11.9 Å². The lowest BCUT2D eigenvalue weighted by atomic mass is 9.84. The molecule has 0 aliphatic carbocycles. The minimum atomic E-state index is 0.0122. The normalized spacial score (nSPS) is 11.3. The first-order valence-electron chi connectivity index (χ1n) is 6.35. The van der Waals surface area contributed by atoms with Crippen LogP contribution in [0.25, 0.3) is 0 Å². The minimum absolute atomic E-state index is 0.0122. The highest BCUT2D eigenvalue weighted by atomic mass is 16.1. The summed E-state index contributed by atoms with van der Waals surface area (Å²) in [5.41, 5.74) is 6.75. The number of rotatable bonds is 6. The van der Waals surface area contributed by atoms with Gasteiger partial charge in [0, 0.05) is 12.6 Å². The van der Waals surface area contributed by atoms with Crippen molar-refractivity contribution in [1.29, 1.82) is 0 Å². The molecule has 1 aromatic rings. The number of hydrogen-bond acceptors (Lipinski definition) is 3. The van der Waals surface area contributed by atoms with Crippen LogP contribution in [0.3, 0.4) is 0 Å². The maximum atomic E-state index is 11.8. The standard InChI is InChI=1S/C14H23N3O/c1-11-5-9-16-12(10-11)17-13(18)4-6-14(2,3)7-8-15/h5,9-10H,4,6-8,15H2,1-3H3,(H,16,17,18). The monoisotopic (exact) mass is 249 g/mol. The molecule has 4 nitrogen and oxygen atoms in total. The van der Waals surface area contributed by atoms with E-state index in [1.807, 2.05) is 19.1 Å². The highest BCUT2D eigenvalue weighted by Crippen LogP contribution is 2.25. The van der Waals surface area contributed by atoms with E-state index in [2.05, 4.69) is 24.1 Å². The van der Waals surface area contributed by atoms with Crippen molar-refractivity contribution < 1.29 is 4.79 Å². The van der Waals surface area contributed by atoms with Crippen molar-refractivity contribution in [1.82, 2.24) is 4.98 Å². The number of carbonyl (C=O) groups excluding carboxylic acids is 1. The van der Waals surface area contributed by atoms with Gasteiger partial charge in [-0.1, -0.05) is 13.8 Å². The van der Waals surface area contributed by atoms with Crippen LogP contribution < -0.4 is 11.1 Å². The molecule has 18 heavy (non-hydrogen) atoms. The van der Waals surface area contributed by atoms with Crippen LogP contribution in [-0.2, 0) is 4.79 Å². The lowest BCUT2D eigenvalue weighted by molar-refractivity contribution is -0.116. The first-order chi connectivity index (χ1) is 8.43. The Kier molecular flexibility index (Phi) is 5.28. The van der Waals surface area contributed by atoms with Gasteiger partial charge in [-0.2, -0.15) is 0 Å². The molecule has 4 heteroatoms. The number of aryl methyl sites for hydroxylation is 1. The third kappa shape index (κ3) is 5.27. The fourth-order valence-corrected chi connectivity index (χ4v) is 1.78. The Morgan fingerprint density at radius 1 is 1.44 bits per heavy atom. The first kappa shape index (κ1) is 14.6. The van der Waals surface area contributed by atoms with E-state index in [4.69, 9.17) is 5.73 Å². The van der Waals surface area contributed by atoms with Crippen LogP contribution in [0.2, 0.25) is 0 Å². The molecule has 1 amide bonds. The summed E-state index contributed by atoms with van der Waals surface area (Å²) in [4.78, 5) is 15.9. The molecular formula is C14H23N3O. The maximum absolute atomic E-state index is 11.8. The molecule has 0 fully saturated rings. The number of anilines is 1. The number of pyridine rings is 1. The third-order valence-electron chi connectivity index (χ3n) is 3.03. The summed E-state index contributed by atoms with van der Waals surface area (Å²) < 4.78 is 0. The molecule has 3 N–H and O–H groups in total. The molecule has 0 aromatic carbocycles. The molecule has 0 atom stereocenters. The highest BCUT2D eigenvalue weighted by Gasteiger charge is 2.18. The van der Waals surface area contributed by atoms with Gasteiger partial charge in [-0.3, -0.25) is 4.79 Å². The molecule has 0 bridgehead atoms. The number of nitrogens with one attached hydrogen (secondary N) is 1. The number of carbonyl (C=O) groups is 1. The Morgan fingerprint density at radius 2 is 2.17 bits per heavy atom. The van der Waals surface area contributed by atoms with Gasteiger partial charge in [0.05, 0.1) is 0 Å². The summed E-state index contributed by atoms with van der Waals surface area (Å²) in [6.07, 6.45) is 3.97. The Bertz CT molecular complexity index is 402. The van der Waals surface area contributed by atoms with Gasteiger partial charge in [0.2, 0.25) is 5.91 Å². The van der Waals surface area contributed by atoms with E-state index in [0.29, 0.717) is 18.8 Å². The van der Waals surface area contributed by atoms with Crippen LogP contribution >= 0.6 is 0 Å². The van der Waals surface area contributed by atoms with Gasteiger partial charge in [-0.15, -0.1) is 0 Å². The Hall–Kier alpha value is -1.42. The molecule has 0 aliphatic rings. The van der Waals surface area contributed by atoms with E-state index in [9.17, 15) is 4.79 Å². The Balaban J connectivity index is 2.43. The van der Waals surface area contributed by atoms with E-state index >= 15 is 0 Å². The SMILES string of the molecule is Cc1ccnc(NC(=O)CCC(C)(C)CCN)c1. The molecule has 1 rings (SSSR count). The fraction of sp³-hybridized carbons (Fsp3) is 0.571. The van der Waals surface area contributed by atoms with Gasteiger partial charge in [0.15, 0.2) is 0 Å². The zero-order chi connectivity index (χ0) is 13.6. The molecular weight excluding hydrogens is 226 g/mol. The third-order valence-corrected chi connectivity index (χ3v) is 3.03. The van der Waals surface area contributed by atoms with Crippen LogP contribution in [0, 0.1) is 12.3 Å². The van der Waals surface area contributed by atoms with Crippen LogP contribution in [-0.4, -0.2) is 17.4 Å². The zero-order valence-corrected chi connectivity index (χ0v) is 11.5.